The molecule has 0 spiro atoms. The van der Waals surface area contributed by atoms with Crippen LogP contribution >= 0.6 is 11.3 Å². The molecular weight excluding hydrogens is 316 g/mol. The third-order valence-corrected chi connectivity index (χ3v) is 5.90. The summed E-state index contributed by atoms with van der Waals surface area (Å²) in [6.07, 6.45) is 4.07. The minimum Gasteiger partial charge on any atom is -0.299 e. The van der Waals surface area contributed by atoms with Gasteiger partial charge in [-0.25, -0.2) is 13.4 Å². The molecule has 0 saturated carbocycles. The molecule has 1 aromatic heterocycles. The summed E-state index contributed by atoms with van der Waals surface area (Å²) in [4.78, 5) is 8.24. The summed E-state index contributed by atoms with van der Waals surface area (Å²) in [5.74, 6) is 0. The Morgan fingerprint density at radius 2 is 1.91 bits per heavy atom. The third-order valence-electron chi connectivity index (χ3n) is 3.80. The Balaban J connectivity index is 1.99. The lowest BCUT2D eigenvalue weighted by Crippen LogP contribution is -2.24. The van der Waals surface area contributed by atoms with E-state index in [1.54, 1.807) is 23.5 Å². The molecule has 1 atom stereocenters. The molecule has 1 heterocycles. The van der Waals surface area contributed by atoms with Crippen LogP contribution in [-0.4, -0.2) is 38.1 Å². The van der Waals surface area contributed by atoms with Gasteiger partial charge < -0.3 is 0 Å². The van der Waals surface area contributed by atoms with E-state index in [1.807, 2.05) is 18.3 Å². The highest BCUT2D eigenvalue weighted by atomic mass is 32.2. The monoisotopic (exact) mass is 338 g/mol. The van der Waals surface area contributed by atoms with Gasteiger partial charge in [0.15, 0.2) is 9.84 Å². The number of sulfone groups is 1. The average molecular weight is 338 g/mol. The molecule has 4 nitrogen and oxygen atoms in total. The van der Waals surface area contributed by atoms with Crippen molar-refractivity contribution < 1.29 is 8.42 Å². The van der Waals surface area contributed by atoms with Gasteiger partial charge in [0.1, 0.15) is 0 Å². The van der Waals surface area contributed by atoms with E-state index in [1.165, 1.54) is 11.1 Å². The van der Waals surface area contributed by atoms with Crippen molar-refractivity contribution in [2.75, 3.05) is 19.8 Å². The van der Waals surface area contributed by atoms with Gasteiger partial charge in [-0.2, -0.15) is 0 Å². The van der Waals surface area contributed by atoms with E-state index >= 15 is 0 Å². The highest BCUT2D eigenvalue weighted by molar-refractivity contribution is 7.90. The number of benzene rings is 1. The second-order valence-corrected chi connectivity index (χ2v) is 8.95. The van der Waals surface area contributed by atoms with Crippen LogP contribution in [0.2, 0.25) is 0 Å². The first-order chi connectivity index (χ1) is 10.3. The first kappa shape index (κ1) is 17.1. The fourth-order valence-corrected chi connectivity index (χ4v) is 3.64. The highest BCUT2D eigenvalue weighted by Gasteiger charge is 2.14. The molecular formula is C16H22N2O2S2. The Morgan fingerprint density at radius 3 is 2.41 bits per heavy atom. The topological polar surface area (TPSA) is 50.3 Å². The molecule has 0 aliphatic heterocycles. The molecule has 22 heavy (non-hydrogen) atoms. The summed E-state index contributed by atoms with van der Waals surface area (Å²) in [5.41, 5.74) is 1.12. The number of hydrogen-bond donors (Lipinski definition) is 0. The van der Waals surface area contributed by atoms with E-state index in [0.717, 1.165) is 23.5 Å². The normalized spacial score (nSPS) is 13.5. The second kappa shape index (κ2) is 6.89. The SMILES string of the molecule is Cc1cnc(CCN(C)[C@@H](C)c2ccc(S(C)(=O)=O)cc2)s1. The molecule has 2 rings (SSSR count). The zero-order valence-electron chi connectivity index (χ0n) is 13.4. The number of hydrogen-bond acceptors (Lipinski definition) is 5. The van der Waals surface area contributed by atoms with Gasteiger partial charge in [-0.1, -0.05) is 12.1 Å². The summed E-state index contributed by atoms with van der Waals surface area (Å²) in [6.45, 7) is 5.11. The van der Waals surface area contributed by atoms with Crippen molar-refractivity contribution in [3.63, 3.8) is 0 Å². The van der Waals surface area contributed by atoms with Crippen LogP contribution in [0.15, 0.2) is 35.4 Å². The number of rotatable bonds is 6. The average Bonchev–Trinajstić information content (AvgIpc) is 2.89. The Bertz CT molecular complexity index is 721. The molecule has 0 aliphatic carbocycles. The Morgan fingerprint density at radius 1 is 1.27 bits per heavy atom. The van der Waals surface area contributed by atoms with Crippen molar-refractivity contribution in [3.8, 4) is 0 Å². The van der Waals surface area contributed by atoms with E-state index < -0.39 is 9.84 Å². The Kier molecular flexibility index (Phi) is 5.36. The van der Waals surface area contributed by atoms with E-state index in [-0.39, 0.29) is 6.04 Å². The molecule has 0 aliphatic rings. The van der Waals surface area contributed by atoms with Gasteiger partial charge in [0.25, 0.3) is 0 Å². The molecule has 0 radical (unpaired) electrons. The lowest BCUT2D eigenvalue weighted by atomic mass is 10.1. The molecule has 6 heteroatoms. The molecule has 0 bridgehead atoms. The summed E-state index contributed by atoms with van der Waals surface area (Å²) in [5, 5.41) is 1.16. The van der Waals surface area contributed by atoms with Crippen molar-refractivity contribution in [3.05, 3.63) is 45.9 Å². The largest absolute Gasteiger partial charge is 0.299 e. The molecule has 0 saturated heterocycles. The van der Waals surface area contributed by atoms with Crippen LogP contribution in [0.1, 0.15) is 28.4 Å². The Hall–Kier alpha value is -1.24. The first-order valence-electron chi connectivity index (χ1n) is 7.19. The van der Waals surface area contributed by atoms with Crippen LogP contribution in [0.25, 0.3) is 0 Å². The molecule has 0 amide bonds. The van der Waals surface area contributed by atoms with Crippen molar-refractivity contribution >= 4 is 21.2 Å². The minimum absolute atomic E-state index is 0.231. The zero-order valence-corrected chi connectivity index (χ0v) is 15.0. The van der Waals surface area contributed by atoms with Crippen LogP contribution in [0, 0.1) is 6.92 Å². The standard InChI is InChI=1S/C16H22N2O2S2/c1-12-11-17-16(21-12)9-10-18(3)13(2)14-5-7-15(8-6-14)22(4,19)20/h5-8,11,13H,9-10H2,1-4H3/t13-/m0/s1. The maximum atomic E-state index is 11.5. The summed E-state index contributed by atoms with van der Waals surface area (Å²) < 4.78 is 23.0. The predicted molar refractivity (Wildman–Crippen MR) is 91.2 cm³/mol. The smallest absolute Gasteiger partial charge is 0.175 e. The van der Waals surface area contributed by atoms with E-state index in [0.29, 0.717) is 4.90 Å². The molecule has 1 aromatic carbocycles. The van der Waals surface area contributed by atoms with Gasteiger partial charge in [-0.3, -0.25) is 4.90 Å². The lowest BCUT2D eigenvalue weighted by Gasteiger charge is -2.24. The molecule has 2 aromatic rings. The maximum absolute atomic E-state index is 11.5. The second-order valence-electron chi connectivity index (χ2n) is 5.61. The van der Waals surface area contributed by atoms with Crippen molar-refractivity contribution in [1.82, 2.24) is 9.88 Å². The third kappa shape index (κ3) is 4.38. The van der Waals surface area contributed by atoms with Gasteiger partial charge in [0.2, 0.25) is 0 Å². The number of nitrogens with zero attached hydrogens (tertiary/aromatic N) is 2. The predicted octanol–water partition coefficient (Wildman–Crippen LogP) is 3.09. The number of aryl methyl sites for hydroxylation is 1. The maximum Gasteiger partial charge on any atom is 0.175 e. The van der Waals surface area contributed by atoms with E-state index in [9.17, 15) is 8.42 Å². The summed E-state index contributed by atoms with van der Waals surface area (Å²) in [7, 11) is -1.05. The fraction of sp³-hybridized carbons (Fsp3) is 0.438. The van der Waals surface area contributed by atoms with Crippen molar-refractivity contribution in [2.45, 2.75) is 31.2 Å². The molecule has 0 N–H and O–H groups in total. The van der Waals surface area contributed by atoms with Gasteiger partial charge >= 0.3 is 0 Å². The van der Waals surface area contributed by atoms with Crippen molar-refractivity contribution in [2.24, 2.45) is 0 Å². The summed E-state index contributed by atoms with van der Waals surface area (Å²) >= 11 is 1.74. The van der Waals surface area contributed by atoms with E-state index in [2.05, 4.69) is 30.8 Å². The van der Waals surface area contributed by atoms with Crippen LogP contribution in [0.5, 0.6) is 0 Å². The van der Waals surface area contributed by atoms with Gasteiger partial charge in [0.05, 0.1) is 9.90 Å². The minimum atomic E-state index is -3.13. The molecule has 0 fully saturated rings. The summed E-state index contributed by atoms with van der Waals surface area (Å²) in [6, 6.07) is 7.38. The number of thiazole rings is 1. The van der Waals surface area contributed by atoms with Crippen molar-refractivity contribution in [1.29, 1.82) is 0 Å². The van der Waals surface area contributed by atoms with Crippen LogP contribution in [0.3, 0.4) is 0 Å². The van der Waals surface area contributed by atoms with Gasteiger partial charge in [-0.05, 0) is 38.6 Å². The van der Waals surface area contributed by atoms with Gasteiger partial charge in [0, 0.05) is 36.3 Å². The van der Waals surface area contributed by atoms with E-state index in [4.69, 9.17) is 0 Å². The number of aromatic nitrogens is 1. The molecule has 0 unspecified atom stereocenters. The van der Waals surface area contributed by atoms with Crippen LogP contribution in [0.4, 0.5) is 0 Å². The number of likely N-dealkylation sites (N-methyl/N-ethyl adjacent to an activating group) is 1. The fourth-order valence-electron chi connectivity index (χ4n) is 2.23. The quantitative estimate of drug-likeness (QED) is 0.812. The Labute approximate surface area is 136 Å². The first-order valence-corrected chi connectivity index (χ1v) is 9.89. The van der Waals surface area contributed by atoms with Gasteiger partial charge in [-0.15, -0.1) is 11.3 Å². The lowest BCUT2D eigenvalue weighted by molar-refractivity contribution is 0.264. The van der Waals surface area contributed by atoms with Crippen LogP contribution < -0.4 is 0 Å². The van der Waals surface area contributed by atoms with Crippen LogP contribution in [-0.2, 0) is 16.3 Å². The molecule has 120 valence electrons. The highest BCUT2D eigenvalue weighted by Crippen LogP contribution is 2.21. The zero-order chi connectivity index (χ0) is 16.3.